The molecule has 0 spiro atoms. The van der Waals surface area contributed by atoms with Gasteiger partial charge in [-0.2, -0.15) is 0 Å². The average Bonchev–Trinajstić information content (AvgIpc) is 1.89. The van der Waals surface area contributed by atoms with Crippen molar-refractivity contribution < 1.29 is 0 Å². The Labute approximate surface area is 80.7 Å². The summed E-state index contributed by atoms with van der Waals surface area (Å²) >= 11 is 14.7. The Bertz CT molecular complexity index is 109. The van der Waals surface area contributed by atoms with Crippen LogP contribution in [0.5, 0.6) is 0 Å². The zero-order valence-corrected chi connectivity index (χ0v) is 9.13. The first-order valence-electron chi connectivity index (χ1n) is 3.03. The van der Waals surface area contributed by atoms with Crippen molar-refractivity contribution in [3.63, 3.8) is 0 Å². The number of hydrogen-bond donors (Lipinski definition) is 0. The highest BCUT2D eigenvalue weighted by molar-refractivity contribution is 8.08. The second kappa shape index (κ2) is 6.71. The molecule has 0 amide bonds. The Morgan fingerprint density at radius 2 is 1.30 bits per heavy atom. The lowest BCUT2D eigenvalue weighted by Crippen LogP contribution is -1.71. The van der Waals surface area contributed by atoms with E-state index >= 15 is 0 Å². The van der Waals surface area contributed by atoms with E-state index in [1.54, 1.807) is 23.5 Å². The molecule has 0 bridgehead atoms. The molecule has 4 heteroatoms. The van der Waals surface area contributed by atoms with Gasteiger partial charge in [-0.1, -0.05) is 37.0 Å². The summed E-state index contributed by atoms with van der Waals surface area (Å²) in [5.41, 5.74) is 0. The zero-order valence-electron chi connectivity index (χ0n) is 5.99. The first kappa shape index (κ1) is 11.0. The summed E-state index contributed by atoms with van der Waals surface area (Å²) < 4.78 is 1.44. The topological polar surface area (TPSA) is 0 Å². The Balaban J connectivity index is 3.79. The van der Waals surface area contributed by atoms with Crippen LogP contribution in [0.4, 0.5) is 0 Å². The van der Waals surface area contributed by atoms with E-state index < -0.39 is 0 Å². The minimum Gasteiger partial charge on any atom is -0.112 e. The second-order valence-corrected chi connectivity index (χ2v) is 5.17. The van der Waals surface area contributed by atoms with Gasteiger partial charge in [0.2, 0.25) is 0 Å². The van der Waals surface area contributed by atoms with Crippen LogP contribution in [0.2, 0.25) is 0 Å². The molecule has 0 aliphatic rings. The summed E-state index contributed by atoms with van der Waals surface area (Å²) in [6, 6.07) is 0. The van der Waals surface area contributed by atoms with Crippen LogP contribution in [0, 0.1) is 0 Å². The molecule has 0 radical (unpaired) electrons. The number of hydrogen-bond acceptors (Lipinski definition) is 2. The van der Waals surface area contributed by atoms with Crippen LogP contribution < -0.4 is 0 Å². The maximum absolute atomic E-state index is 5.80. The third-order valence-electron chi connectivity index (χ3n) is 0.697. The van der Waals surface area contributed by atoms with Crippen LogP contribution in [0.1, 0.15) is 13.8 Å². The predicted molar refractivity (Wildman–Crippen MR) is 55.0 cm³/mol. The Morgan fingerprint density at radius 1 is 1.00 bits per heavy atom. The lowest BCUT2D eigenvalue weighted by Gasteiger charge is -1.98. The summed E-state index contributed by atoms with van der Waals surface area (Å²) in [6.07, 6.45) is 0. The largest absolute Gasteiger partial charge is 0.112 e. The first-order valence-corrected chi connectivity index (χ1v) is 5.75. The molecule has 0 fully saturated rings. The Kier molecular flexibility index (Phi) is 7.40. The predicted octanol–water partition coefficient (Wildman–Crippen LogP) is 4.10. The van der Waals surface area contributed by atoms with E-state index in [1.165, 1.54) is 0 Å². The smallest absolute Gasteiger partial charge is 0.0986 e. The number of thioether (sulfide) groups is 2. The summed E-state index contributed by atoms with van der Waals surface area (Å²) in [4.78, 5) is 0. The van der Waals surface area contributed by atoms with Crippen LogP contribution in [0.25, 0.3) is 0 Å². The van der Waals surface area contributed by atoms with Crippen molar-refractivity contribution in [2.45, 2.75) is 13.8 Å². The second-order valence-electron chi connectivity index (χ2n) is 1.41. The maximum atomic E-state index is 5.80. The fourth-order valence-corrected chi connectivity index (χ4v) is 2.44. The minimum atomic E-state index is 0.719. The monoisotopic (exact) mass is 216 g/mol. The molecule has 0 rings (SSSR count). The van der Waals surface area contributed by atoms with Crippen LogP contribution in [-0.2, 0) is 0 Å². The summed E-state index contributed by atoms with van der Waals surface area (Å²) in [5, 5.41) is 0. The van der Waals surface area contributed by atoms with Gasteiger partial charge in [-0.05, 0) is 11.5 Å². The molecule has 60 valence electrons. The molecule has 0 saturated heterocycles. The lowest BCUT2D eigenvalue weighted by atomic mass is 11.0. The zero-order chi connectivity index (χ0) is 7.98. The molecule has 0 aliphatic heterocycles. The SMILES string of the molecule is CCS/C(Cl)=C(\Cl)SCC. The molecular weight excluding hydrogens is 207 g/mol. The van der Waals surface area contributed by atoms with Gasteiger partial charge in [0.05, 0.1) is 8.73 Å². The van der Waals surface area contributed by atoms with Crippen molar-refractivity contribution in [3.05, 3.63) is 8.73 Å². The van der Waals surface area contributed by atoms with Crippen molar-refractivity contribution >= 4 is 46.7 Å². The Hall–Kier alpha value is 1.02. The van der Waals surface area contributed by atoms with Gasteiger partial charge in [-0.25, -0.2) is 0 Å². The fraction of sp³-hybridized carbons (Fsp3) is 0.667. The third-order valence-corrected chi connectivity index (χ3v) is 3.67. The van der Waals surface area contributed by atoms with Crippen molar-refractivity contribution in [3.8, 4) is 0 Å². The Morgan fingerprint density at radius 3 is 1.50 bits per heavy atom. The molecule has 0 atom stereocenters. The van der Waals surface area contributed by atoms with E-state index in [0.29, 0.717) is 0 Å². The van der Waals surface area contributed by atoms with Gasteiger partial charge in [0.25, 0.3) is 0 Å². The normalized spacial score (nSPS) is 13.2. The van der Waals surface area contributed by atoms with E-state index in [2.05, 4.69) is 0 Å². The maximum Gasteiger partial charge on any atom is 0.0986 e. The highest BCUT2D eigenvalue weighted by Crippen LogP contribution is 2.32. The highest BCUT2D eigenvalue weighted by atomic mass is 35.5. The molecule has 0 nitrogen and oxygen atoms in total. The molecule has 0 aromatic carbocycles. The van der Waals surface area contributed by atoms with Gasteiger partial charge in [-0.3, -0.25) is 0 Å². The van der Waals surface area contributed by atoms with Crippen LogP contribution >= 0.6 is 46.7 Å². The number of halogens is 2. The molecule has 0 unspecified atom stereocenters. The van der Waals surface area contributed by atoms with Crippen molar-refractivity contribution in [1.29, 1.82) is 0 Å². The van der Waals surface area contributed by atoms with E-state index in [-0.39, 0.29) is 0 Å². The van der Waals surface area contributed by atoms with E-state index in [4.69, 9.17) is 23.2 Å². The number of rotatable bonds is 4. The highest BCUT2D eigenvalue weighted by Gasteiger charge is 1.99. The molecule has 0 heterocycles. The summed E-state index contributed by atoms with van der Waals surface area (Å²) in [7, 11) is 0. The molecule has 0 N–H and O–H groups in total. The van der Waals surface area contributed by atoms with E-state index in [0.717, 1.165) is 20.2 Å². The van der Waals surface area contributed by atoms with Gasteiger partial charge in [0, 0.05) is 0 Å². The van der Waals surface area contributed by atoms with Gasteiger partial charge < -0.3 is 0 Å². The van der Waals surface area contributed by atoms with Crippen LogP contribution in [0.15, 0.2) is 8.73 Å². The molecule has 0 aromatic heterocycles. The molecule has 0 aromatic rings. The van der Waals surface area contributed by atoms with Crippen molar-refractivity contribution in [1.82, 2.24) is 0 Å². The fourth-order valence-electron chi connectivity index (χ4n) is 0.367. The van der Waals surface area contributed by atoms with Gasteiger partial charge in [0.1, 0.15) is 0 Å². The lowest BCUT2D eigenvalue weighted by molar-refractivity contribution is 1.53. The van der Waals surface area contributed by atoms with Crippen molar-refractivity contribution in [2.24, 2.45) is 0 Å². The van der Waals surface area contributed by atoms with Gasteiger partial charge >= 0.3 is 0 Å². The summed E-state index contributed by atoms with van der Waals surface area (Å²) in [6.45, 7) is 4.10. The van der Waals surface area contributed by atoms with Gasteiger partial charge in [-0.15, -0.1) is 23.5 Å². The van der Waals surface area contributed by atoms with Crippen LogP contribution in [-0.4, -0.2) is 11.5 Å². The standard InChI is InChI=1S/C6H10Cl2S2/c1-3-9-5(7)6(8)10-4-2/h3-4H2,1-2H3/b6-5+. The average molecular weight is 217 g/mol. The van der Waals surface area contributed by atoms with Crippen LogP contribution in [0.3, 0.4) is 0 Å². The molecule has 10 heavy (non-hydrogen) atoms. The third kappa shape index (κ3) is 4.78. The molecule has 0 saturated carbocycles. The summed E-state index contributed by atoms with van der Waals surface area (Å²) in [5.74, 6) is 1.94. The van der Waals surface area contributed by atoms with E-state index in [1.807, 2.05) is 13.8 Å². The van der Waals surface area contributed by atoms with Gasteiger partial charge in [0.15, 0.2) is 0 Å². The van der Waals surface area contributed by atoms with E-state index in [9.17, 15) is 0 Å². The first-order chi connectivity index (χ1) is 4.72. The quantitative estimate of drug-likeness (QED) is 0.695. The minimum absolute atomic E-state index is 0.719. The van der Waals surface area contributed by atoms with Crippen molar-refractivity contribution in [2.75, 3.05) is 11.5 Å². The molecular formula is C6H10Cl2S2. The molecule has 0 aliphatic carbocycles.